The summed E-state index contributed by atoms with van der Waals surface area (Å²) in [5.74, 6) is -0.217. The van der Waals surface area contributed by atoms with E-state index in [4.69, 9.17) is 24.3 Å². The lowest BCUT2D eigenvalue weighted by Crippen LogP contribution is -2.46. The molecule has 0 fully saturated rings. The summed E-state index contributed by atoms with van der Waals surface area (Å²) < 4.78 is 36.6. The Balaban J connectivity index is 1.25. The van der Waals surface area contributed by atoms with E-state index >= 15 is 0 Å². The number of benzene rings is 4. The summed E-state index contributed by atoms with van der Waals surface area (Å²) in [6.07, 6.45) is 2.14. The van der Waals surface area contributed by atoms with Gasteiger partial charge in [0.1, 0.15) is 18.4 Å². The minimum absolute atomic E-state index is 0.0716. The third kappa shape index (κ3) is 12.5. The number of carbonyl (C=O) groups excluding carboxylic acids is 2. The molecular formula is C38H45N2O7P. The van der Waals surface area contributed by atoms with Crippen LogP contribution in [-0.4, -0.2) is 36.5 Å². The van der Waals surface area contributed by atoms with E-state index in [0.29, 0.717) is 17.7 Å². The molecule has 3 N–H and O–H groups in total. The molecule has 0 amide bonds. The molecule has 0 aliphatic carbocycles. The third-order valence-electron chi connectivity index (χ3n) is 7.43. The van der Waals surface area contributed by atoms with Crippen LogP contribution < -0.4 is 15.3 Å². The van der Waals surface area contributed by atoms with Gasteiger partial charge in [0.25, 0.3) is 0 Å². The molecule has 0 aliphatic heterocycles. The molecule has 0 saturated carbocycles. The molecule has 254 valence electrons. The van der Waals surface area contributed by atoms with Crippen molar-refractivity contribution in [1.29, 1.82) is 0 Å². The molecule has 0 aromatic heterocycles. The molecule has 0 heterocycles. The second-order valence-electron chi connectivity index (χ2n) is 12.2. The van der Waals surface area contributed by atoms with E-state index in [1.807, 2.05) is 54.6 Å². The largest absolute Gasteiger partial charge is 0.460 e. The molecule has 0 aliphatic rings. The van der Waals surface area contributed by atoms with Gasteiger partial charge in [-0.05, 0) is 62.4 Å². The van der Waals surface area contributed by atoms with Gasteiger partial charge in [0.05, 0.1) is 25.4 Å². The lowest BCUT2D eigenvalue weighted by Gasteiger charge is -2.28. The highest BCUT2D eigenvalue weighted by Crippen LogP contribution is 2.45. The highest BCUT2D eigenvalue weighted by atomic mass is 31.2. The van der Waals surface area contributed by atoms with Gasteiger partial charge in [-0.3, -0.25) is 14.1 Å². The zero-order valence-corrected chi connectivity index (χ0v) is 28.7. The molecule has 0 bridgehead atoms. The molecule has 9 nitrogen and oxygen atoms in total. The number of nitrogens with two attached hydrogens (primary N) is 1. The molecule has 4 rings (SSSR count). The maximum absolute atomic E-state index is 13.9. The van der Waals surface area contributed by atoms with E-state index in [9.17, 15) is 14.2 Å². The van der Waals surface area contributed by atoms with E-state index in [2.05, 4.69) is 36.3 Å². The summed E-state index contributed by atoms with van der Waals surface area (Å²) >= 11 is 0. The first-order valence-electron chi connectivity index (χ1n) is 16.0. The van der Waals surface area contributed by atoms with Crippen LogP contribution in [0.3, 0.4) is 0 Å². The molecule has 4 aromatic carbocycles. The Morgan fingerprint density at radius 1 is 0.812 bits per heavy atom. The first kappa shape index (κ1) is 36.7. The number of ketones is 1. The number of aryl methyl sites for hydroxylation is 2. The predicted molar refractivity (Wildman–Crippen MR) is 187 cm³/mol. The van der Waals surface area contributed by atoms with Gasteiger partial charge >= 0.3 is 13.7 Å². The monoisotopic (exact) mass is 672 g/mol. The standard InChI is InChI=1S/C38H45N2O7P/c1-29-17-19-31(20-18-29)13-10-16-36(41)34-23-21-33(22-24-34)25-44-27-38(3,39)28-46-48(43,47-35-14-8-5-9-15-35)40-30(2)37(42)45-26-32-11-6-4-7-12-32/h4-9,11-12,14-15,17-24,30H,10,13,16,25-28,39H2,1-3H3,(H,40,43)/t30-,38+,48?/m0/s1. The average molecular weight is 673 g/mol. The highest BCUT2D eigenvalue weighted by molar-refractivity contribution is 7.52. The Morgan fingerprint density at radius 3 is 2.08 bits per heavy atom. The molecule has 3 atom stereocenters. The van der Waals surface area contributed by atoms with Gasteiger partial charge < -0.3 is 19.7 Å². The van der Waals surface area contributed by atoms with Crippen LogP contribution in [0.2, 0.25) is 0 Å². The lowest BCUT2D eigenvalue weighted by molar-refractivity contribution is -0.146. The second-order valence-corrected chi connectivity index (χ2v) is 13.9. The van der Waals surface area contributed by atoms with Crippen molar-refractivity contribution < 1.29 is 32.7 Å². The first-order valence-corrected chi connectivity index (χ1v) is 17.6. The number of ether oxygens (including phenoxy) is 2. The van der Waals surface area contributed by atoms with Crippen molar-refractivity contribution in [2.75, 3.05) is 13.2 Å². The number of esters is 1. The van der Waals surface area contributed by atoms with Gasteiger partial charge in [-0.25, -0.2) is 4.57 Å². The summed E-state index contributed by atoms with van der Waals surface area (Å²) in [5.41, 5.74) is 10.2. The fraction of sp³-hybridized carbons (Fsp3) is 0.316. The van der Waals surface area contributed by atoms with E-state index in [1.165, 1.54) is 18.1 Å². The van der Waals surface area contributed by atoms with E-state index < -0.39 is 25.3 Å². The smallest absolute Gasteiger partial charge is 0.459 e. The number of nitrogens with one attached hydrogen (secondary N) is 1. The van der Waals surface area contributed by atoms with Crippen LogP contribution in [0.25, 0.3) is 0 Å². The number of rotatable bonds is 19. The number of para-hydroxylation sites is 1. The minimum Gasteiger partial charge on any atom is -0.460 e. The van der Waals surface area contributed by atoms with Crippen LogP contribution >= 0.6 is 7.75 Å². The molecule has 10 heteroatoms. The quantitative estimate of drug-likeness (QED) is 0.0597. The van der Waals surface area contributed by atoms with Crippen LogP contribution in [0.15, 0.2) is 109 Å². The maximum atomic E-state index is 13.9. The summed E-state index contributed by atoms with van der Waals surface area (Å²) in [5, 5.41) is 2.68. The van der Waals surface area contributed by atoms with Crippen LogP contribution in [0.4, 0.5) is 0 Å². The summed E-state index contributed by atoms with van der Waals surface area (Å²) in [6.45, 7) is 5.49. The van der Waals surface area contributed by atoms with Crippen molar-refractivity contribution in [2.24, 2.45) is 5.73 Å². The summed E-state index contributed by atoms with van der Waals surface area (Å²) in [4.78, 5) is 25.4. The molecule has 48 heavy (non-hydrogen) atoms. The molecular weight excluding hydrogens is 627 g/mol. The fourth-order valence-electron chi connectivity index (χ4n) is 4.67. The van der Waals surface area contributed by atoms with E-state index in [-0.39, 0.29) is 32.2 Å². The van der Waals surface area contributed by atoms with Gasteiger partial charge in [0.2, 0.25) is 0 Å². The Bertz CT molecular complexity index is 1630. The molecule has 0 spiro atoms. The Hall–Kier alpha value is -4.11. The van der Waals surface area contributed by atoms with Crippen molar-refractivity contribution >= 4 is 19.5 Å². The molecule has 0 saturated heterocycles. The van der Waals surface area contributed by atoms with Crippen molar-refractivity contribution in [3.63, 3.8) is 0 Å². The van der Waals surface area contributed by atoms with Crippen LogP contribution in [0.1, 0.15) is 59.3 Å². The number of hydrogen-bond acceptors (Lipinski definition) is 8. The highest BCUT2D eigenvalue weighted by Gasteiger charge is 2.35. The molecule has 1 unspecified atom stereocenters. The van der Waals surface area contributed by atoms with Crippen LogP contribution in [0.5, 0.6) is 5.75 Å². The first-order chi connectivity index (χ1) is 23.0. The van der Waals surface area contributed by atoms with Crippen LogP contribution in [0, 0.1) is 6.92 Å². The van der Waals surface area contributed by atoms with Crippen LogP contribution in [-0.2, 0) is 43.0 Å². The number of hydrogen-bond donors (Lipinski definition) is 2. The normalized spacial score (nSPS) is 14.3. The van der Waals surface area contributed by atoms with Crippen molar-refractivity contribution in [3.8, 4) is 5.75 Å². The Labute approximate surface area is 283 Å². The van der Waals surface area contributed by atoms with E-state index in [1.54, 1.807) is 37.3 Å². The topological polar surface area (TPSA) is 126 Å². The Kier molecular flexibility index (Phi) is 13.7. The summed E-state index contributed by atoms with van der Waals surface area (Å²) in [6, 6.07) is 32.5. The van der Waals surface area contributed by atoms with Gasteiger partial charge in [0, 0.05) is 12.0 Å². The average Bonchev–Trinajstić information content (AvgIpc) is 3.08. The second kappa shape index (κ2) is 17.9. The predicted octanol–water partition coefficient (Wildman–Crippen LogP) is 7.36. The molecule has 4 aromatic rings. The number of carbonyl (C=O) groups is 2. The lowest BCUT2D eigenvalue weighted by atomic mass is 10.0. The Morgan fingerprint density at radius 2 is 1.42 bits per heavy atom. The summed E-state index contributed by atoms with van der Waals surface area (Å²) in [7, 11) is -4.09. The minimum atomic E-state index is -4.09. The number of Topliss-reactive ketones (excluding diaryl/α,β-unsaturated/α-hetero) is 1. The van der Waals surface area contributed by atoms with Gasteiger partial charge in [-0.15, -0.1) is 0 Å². The zero-order chi connectivity index (χ0) is 34.4. The fourth-order valence-corrected chi connectivity index (χ4v) is 6.29. The third-order valence-corrected chi connectivity index (χ3v) is 9.05. The van der Waals surface area contributed by atoms with Crippen molar-refractivity contribution in [2.45, 2.75) is 64.8 Å². The SMILES string of the molecule is Cc1ccc(CCCC(=O)c2ccc(COC[C@@](C)(N)COP(=O)(N[C@@H](C)C(=O)OCc3ccccc3)Oc3ccccc3)cc2)cc1. The van der Waals surface area contributed by atoms with E-state index in [0.717, 1.165) is 24.0 Å². The van der Waals surface area contributed by atoms with Crippen molar-refractivity contribution in [3.05, 3.63) is 137 Å². The molecule has 0 radical (unpaired) electrons. The maximum Gasteiger partial charge on any atom is 0.459 e. The zero-order valence-electron chi connectivity index (χ0n) is 27.8. The van der Waals surface area contributed by atoms with Gasteiger partial charge in [0.15, 0.2) is 5.78 Å². The van der Waals surface area contributed by atoms with Gasteiger partial charge in [-0.2, -0.15) is 5.09 Å². The van der Waals surface area contributed by atoms with Gasteiger partial charge in [-0.1, -0.05) is 103 Å². The van der Waals surface area contributed by atoms with Crippen molar-refractivity contribution in [1.82, 2.24) is 5.09 Å².